The van der Waals surface area contributed by atoms with E-state index in [1.54, 1.807) is 0 Å². The van der Waals surface area contributed by atoms with Crippen molar-refractivity contribution in [2.45, 2.75) is 45.8 Å². The minimum absolute atomic E-state index is 0.0856. The number of hydrogen-bond donors (Lipinski definition) is 1. The predicted molar refractivity (Wildman–Crippen MR) is 68.2 cm³/mol. The molecule has 3 atom stereocenters. The molecule has 0 radical (unpaired) electrons. The number of aryl methyl sites for hydroxylation is 1. The summed E-state index contributed by atoms with van der Waals surface area (Å²) in [6, 6.07) is 0.312. The Kier molecular flexibility index (Phi) is 3.71. The second-order valence-corrected chi connectivity index (χ2v) is 5.02. The Morgan fingerprint density at radius 2 is 2.39 bits per heavy atom. The van der Waals surface area contributed by atoms with Crippen molar-refractivity contribution in [1.29, 1.82) is 0 Å². The van der Waals surface area contributed by atoms with Crippen LogP contribution in [0.4, 0.5) is 0 Å². The molecule has 0 bridgehead atoms. The van der Waals surface area contributed by atoms with E-state index >= 15 is 0 Å². The third kappa shape index (κ3) is 2.27. The molecule has 2 heterocycles. The zero-order chi connectivity index (χ0) is 13.3. The standard InChI is InChI=1S/C13H21N3O2/c1-4-15-8-11(7-14-15)9(2)16-6-5-12(10(16)3)13(17)18/h7-10,12H,4-6H2,1-3H3,(H,17,18). The normalized spacial score (nSPS) is 26.4. The van der Waals surface area contributed by atoms with Gasteiger partial charge in [-0.25, -0.2) is 0 Å². The monoisotopic (exact) mass is 251 g/mol. The van der Waals surface area contributed by atoms with Crippen LogP contribution >= 0.6 is 0 Å². The number of carboxylic acid groups (broad SMARTS) is 1. The molecule has 2 rings (SSSR count). The molecule has 1 aliphatic heterocycles. The van der Waals surface area contributed by atoms with Gasteiger partial charge in [-0.15, -0.1) is 0 Å². The van der Waals surface area contributed by atoms with Crippen LogP contribution in [0.2, 0.25) is 0 Å². The van der Waals surface area contributed by atoms with Crippen LogP contribution in [0, 0.1) is 5.92 Å². The number of hydrogen-bond acceptors (Lipinski definition) is 3. The molecule has 0 aliphatic carbocycles. The second kappa shape index (κ2) is 5.10. The highest BCUT2D eigenvalue weighted by molar-refractivity contribution is 5.71. The topological polar surface area (TPSA) is 58.4 Å². The van der Waals surface area contributed by atoms with E-state index in [0.717, 1.165) is 25.1 Å². The molecule has 0 amide bonds. The first kappa shape index (κ1) is 13.1. The van der Waals surface area contributed by atoms with Gasteiger partial charge in [0.15, 0.2) is 0 Å². The van der Waals surface area contributed by atoms with E-state index in [1.165, 1.54) is 0 Å². The maximum atomic E-state index is 11.1. The molecule has 0 spiro atoms. The predicted octanol–water partition coefficient (Wildman–Crippen LogP) is 1.76. The van der Waals surface area contributed by atoms with Gasteiger partial charge in [0.05, 0.1) is 12.1 Å². The SMILES string of the molecule is CCn1cc(C(C)N2CCC(C(=O)O)C2C)cn1. The van der Waals surface area contributed by atoms with Crippen LogP contribution in [-0.4, -0.2) is 38.3 Å². The van der Waals surface area contributed by atoms with Crippen molar-refractivity contribution in [3.8, 4) is 0 Å². The Hall–Kier alpha value is -1.36. The average molecular weight is 251 g/mol. The van der Waals surface area contributed by atoms with E-state index in [1.807, 2.05) is 24.0 Å². The summed E-state index contributed by atoms with van der Waals surface area (Å²) in [5.74, 6) is -0.921. The van der Waals surface area contributed by atoms with Gasteiger partial charge in [0.2, 0.25) is 0 Å². The third-order valence-corrected chi connectivity index (χ3v) is 4.08. The molecule has 1 saturated heterocycles. The molecule has 5 nitrogen and oxygen atoms in total. The quantitative estimate of drug-likeness (QED) is 0.886. The molecular weight excluding hydrogens is 230 g/mol. The highest BCUT2D eigenvalue weighted by Gasteiger charge is 2.38. The molecule has 0 aromatic carbocycles. The average Bonchev–Trinajstić information content (AvgIpc) is 2.94. The van der Waals surface area contributed by atoms with E-state index in [9.17, 15) is 4.79 Å². The lowest BCUT2D eigenvalue weighted by Gasteiger charge is -2.28. The molecular formula is C13H21N3O2. The van der Waals surface area contributed by atoms with E-state index < -0.39 is 5.97 Å². The Morgan fingerprint density at radius 1 is 1.67 bits per heavy atom. The van der Waals surface area contributed by atoms with Crippen LogP contribution in [0.3, 0.4) is 0 Å². The number of likely N-dealkylation sites (tertiary alicyclic amines) is 1. The minimum atomic E-state index is -0.679. The number of aliphatic carboxylic acids is 1. The van der Waals surface area contributed by atoms with Crippen molar-refractivity contribution in [3.05, 3.63) is 18.0 Å². The summed E-state index contributed by atoms with van der Waals surface area (Å²) in [6.07, 6.45) is 4.67. The summed E-state index contributed by atoms with van der Waals surface area (Å²) in [5.41, 5.74) is 1.16. The highest BCUT2D eigenvalue weighted by atomic mass is 16.4. The summed E-state index contributed by atoms with van der Waals surface area (Å²) in [4.78, 5) is 13.4. The van der Waals surface area contributed by atoms with Gasteiger partial charge in [-0.1, -0.05) is 0 Å². The fraction of sp³-hybridized carbons (Fsp3) is 0.692. The molecule has 0 saturated carbocycles. The minimum Gasteiger partial charge on any atom is -0.481 e. The van der Waals surface area contributed by atoms with Crippen molar-refractivity contribution < 1.29 is 9.90 Å². The highest BCUT2D eigenvalue weighted by Crippen LogP contribution is 2.32. The molecule has 1 aromatic heterocycles. The summed E-state index contributed by atoms with van der Waals surface area (Å²) in [7, 11) is 0. The number of rotatable bonds is 4. The van der Waals surface area contributed by atoms with Crippen LogP contribution in [0.1, 0.15) is 38.8 Å². The van der Waals surface area contributed by atoms with E-state index in [0.29, 0.717) is 0 Å². The summed E-state index contributed by atoms with van der Waals surface area (Å²) in [6.45, 7) is 7.89. The van der Waals surface area contributed by atoms with Gasteiger partial charge < -0.3 is 5.11 Å². The van der Waals surface area contributed by atoms with E-state index in [4.69, 9.17) is 5.11 Å². The summed E-state index contributed by atoms with van der Waals surface area (Å²) in [5, 5.41) is 13.4. The fourth-order valence-corrected chi connectivity index (χ4v) is 2.80. The Bertz CT molecular complexity index is 430. The van der Waals surface area contributed by atoms with E-state index in [2.05, 4.69) is 23.8 Å². The van der Waals surface area contributed by atoms with Crippen molar-refractivity contribution in [1.82, 2.24) is 14.7 Å². The van der Waals surface area contributed by atoms with Crippen molar-refractivity contribution in [3.63, 3.8) is 0 Å². The van der Waals surface area contributed by atoms with E-state index in [-0.39, 0.29) is 18.0 Å². The fourth-order valence-electron chi connectivity index (χ4n) is 2.80. The first-order chi connectivity index (χ1) is 8.54. The summed E-state index contributed by atoms with van der Waals surface area (Å²) < 4.78 is 1.90. The van der Waals surface area contributed by atoms with Crippen molar-refractivity contribution in [2.24, 2.45) is 5.92 Å². The summed E-state index contributed by atoms with van der Waals surface area (Å²) >= 11 is 0. The largest absolute Gasteiger partial charge is 0.481 e. The van der Waals surface area contributed by atoms with Gasteiger partial charge in [0.1, 0.15) is 0 Å². The van der Waals surface area contributed by atoms with Gasteiger partial charge in [0.25, 0.3) is 0 Å². The first-order valence-electron chi connectivity index (χ1n) is 6.55. The van der Waals surface area contributed by atoms with Crippen LogP contribution in [0.15, 0.2) is 12.4 Å². The molecule has 18 heavy (non-hydrogen) atoms. The van der Waals surface area contributed by atoms with Gasteiger partial charge in [-0.2, -0.15) is 5.10 Å². The maximum Gasteiger partial charge on any atom is 0.308 e. The second-order valence-electron chi connectivity index (χ2n) is 5.02. The van der Waals surface area contributed by atoms with Gasteiger partial charge >= 0.3 is 5.97 Å². The van der Waals surface area contributed by atoms with Gasteiger partial charge in [-0.3, -0.25) is 14.4 Å². The number of carbonyl (C=O) groups is 1. The van der Waals surface area contributed by atoms with Gasteiger partial charge in [-0.05, 0) is 33.7 Å². The maximum absolute atomic E-state index is 11.1. The Labute approximate surface area is 107 Å². The molecule has 3 unspecified atom stereocenters. The lowest BCUT2D eigenvalue weighted by Crippen LogP contribution is -2.34. The first-order valence-corrected chi connectivity index (χ1v) is 6.55. The van der Waals surface area contributed by atoms with Crippen LogP contribution < -0.4 is 0 Å². The number of aromatic nitrogens is 2. The molecule has 1 N–H and O–H groups in total. The smallest absolute Gasteiger partial charge is 0.308 e. The van der Waals surface area contributed by atoms with Crippen LogP contribution in [0.25, 0.3) is 0 Å². The van der Waals surface area contributed by atoms with Crippen molar-refractivity contribution in [2.75, 3.05) is 6.54 Å². The van der Waals surface area contributed by atoms with Crippen LogP contribution in [0.5, 0.6) is 0 Å². The molecule has 1 aromatic rings. The third-order valence-electron chi connectivity index (χ3n) is 4.08. The van der Waals surface area contributed by atoms with Gasteiger partial charge in [0, 0.05) is 30.4 Å². The molecule has 1 fully saturated rings. The molecule has 100 valence electrons. The Balaban J connectivity index is 2.10. The zero-order valence-electron chi connectivity index (χ0n) is 11.2. The zero-order valence-corrected chi connectivity index (χ0v) is 11.2. The van der Waals surface area contributed by atoms with Crippen molar-refractivity contribution >= 4 is 5.97 Å². The lowest BCUT2D eigenvalue weighted by atomic mass is 10.0. The Morgan fingerprint density at radius 3 is 2.89 bits per heavy atom. The van der Waals surface area contributed by atoms with Crippen LogP contribution in [-0.2, 0) is 11.3 Å². The molecule has 5 heteroatoms. The lowest BCUT2D eigenvalue weighted by molar-refractivity contribution is -0.142. The number of nitrogens with zero attached hydrogens (tertiary/aromatic N) is 3. The number of carboxylic acids is 1. The molecule has 1 aliphatic rings.